The van der Waals surface area contributed by atoms with E-state index in [9.17, 15) is 0 Å². The van der Waals surface area contributed by atoms with Gasteiger partial charge in [-0.25, -0.2) is 0 Å². The molecule has 2 aromatic rings. The van der Waals surface area contributed by atoms with E-state index in [1.807, 2.05) is 6.07 Å². The van der Waals surface area contributed by atoms with Crippen molar-refractivity contribution in [1.29, 1.82) is 0 Å². The molecule has 0 nitrogen and oxygen atoms in total. The number of allylic oxidation sites excluding steroid dienone is 1. The van der Waals surface area contributed by atoms with E-state index < -0.39 is 0 Å². The van der Waals surface area contributed by atoms with Crippen LogP contribution in [0.2, 0.25) is 4.34 Å². The summed E-state index contributed by atoms with van der Waals surface area (Å²) in [6, 6.07) is 10.7. The molecule has 2 heteroatoms. The molecular formula is C15H13ClS. The number of thiophene rings is 1. The summed E-state index contributed by atoms with van der Waals surface area (Å²) in [5.41, 5.74) is 4.39. The molecule has 3 rings (SSSR count). The Morgan fingerprint density at radius 3 is 2.88 bits per heavy atom. The molecule has 0 radical (unpaired) electrons. The zero-order chi connectivity index (χ0) is 11.7. The molecule has 0 amide bonds. The van der Waals surface area contributed by atoms with Crippen molar-refractivity contribution in [2.45, 2.75) is 19.3 Å². The van der Waals surface area contributed by atoms with Crippen molar-refractivity contribution >= 4 is 29.0 Å². The van der Waals surface area contributed by atoms with E-state index in [1.165, 1.54) is 21.6 Å². The van der Waals surface area contributed by atoms with Crippen molar-refractivity contribution in [2.24, 2.45) is 0 Å². The van der Waals surface area contributed by atoms with E-state index in [2.05, 4.69) is 36.4 Å². The lowest BCUT2D eigenvalue weighted by atomic mass is 9.99. The first-order chi connectivity index (χ1) is 8.33. The maximum absolute atomic E-state index is 5.94. The van der Waals surface area contributed by atoms with Crippen LogP contribution >= 0.6 is 22.9 Å². The Morgan fingerprint density at radius 2 is 2.06 bits per heavy atom. The number of halogens is 1. The van der Waals surface area contributed by atoms with E-state index in [0.29, 0.717) is 0 Å². The molecule has 1 aromatic carbocycles. The smallest absolute Gasteiger partial charge is 0.0931 e. The second kappa shape index (κ2) is 4.67. The molecule has 0 atom stereocenters. The lowest BCUT2D eigenvalue weighted by molar-refractivity contribution is 0.960. The molecule has 86 valence electrons. The standard InChI is InChI=1S/C15H13ClS/c16-15-10-9-13(17-15)8-7-12-4-1-3-11-5-2-6-14(11)12/h1-5,9-10H,6-8H2. The molecule has 0 unspecified atom stereocenters. The zero-order valence-electron chi connectivity index (χ0n) is 9.45. The minimum absolute atomic E-state index is 0.889. The molecule has 1 heterocycles. The van der Waals surface area contributed by atoms with E-state index in [1.54, 1.807) is 11.3 Å². The number of benzene rings is 1. The van der Waals surface area contributed by atoms with Crippen LogP contribution in [0.1, 0.15) is 21.6 Å². The van der Waals surface area contributed by atoms with E-state index >= 15 is 0 Å². The van der Waals surface area contributed by atoms with Gasteiger partial charge in [0.05, 0.1) is 4.34 Å². The first-order valence-corrected chi connectivity index (χ1v) is 7.04. The predicted octanol–water partition coefficient (Wildman–Crippen LogP) is 4.76. The van der Waals surface area contributed by atoms with Gasteiger partial charge in [-0.05, 0) is 48.1 Å². The van der Waals surface area contributed by atoms with Gasteiger partial charge in [-0.3, -0.25) is 0 Å². The number of rotatable bonds is 3. The predicted molar refractivity (Wildman–Crippen MR) is 75.9 cm³/mol. The topological polar surface area (TPSA) is 0 Å². The molecular weight excluding hydrogens is 248 g/mol. The normalized spacial score (nSPS) is 13.0. The van der Waals surface area contributed by atoms with Crippen LogP contribution < -0.4 is 0 Å². The fourth-order valence-electron chi connectivity index (χ4n) is 2.34. The fourth-order valence-corrected chi connectivity index (χ4v) is 3.43. The number of aryl methyl sites for hydroxylation is 2. The Bertz CT molecular complexity index is 566. The van der Waals surface area contributed by atoms with Crippen LogP contribution in [0, 0.1) is 0 Å². The largest absolute Gasteiger partial charge is 0.128 e. The van der Waals surface area contributed by atoms with Gasteiger partial charge < -0.3 is 0 Å². The van der Waals surface area contributed by atoms with Crippen molar-refractivity contribution in [1.82, 2.24) is 0 Å². The van der Waals surface area contributed by atoms with Gasteiger partial charge in [-0.1, -0.05) is 42.0 Å². The van der Waals surface area contributed by atoms with Gasteiger partial charge in [-0.2, -0.15) is 0 Å². The molecule has 0 spiro atoms. The minimum Gasteiger partial charge on any atom is -0.128 e. The van der Waals surface area contributed by atoms with Gasteiger partial charge in [-0.15, -0.1) is 11.3 Å². The van der Waals surface area contributed by atoms with Gasteiger partial charge in [0.15, 0.2) is 0 Å². The average molecular weight is 261 g/mol. The van der Waals surface area contributed by atoms with Crippen LogP contribution in [0.15, 0.2) is 36.4 Å². The highest BCUT2D eigenvalue weighted by Crippen LogP contribution is 2.26. The van der Waals surface area contributed by atoms with Crippen LogP contribution in [0.4, 0.5) is 0 Å². The van der Waals surface area contributed by atoms with E-state index in [4.69, 9.17) is 11.6 Å². The summed E-state index contributed by atoms with van der Waals surface area (Å²) in [6.45, 7) is 0. The second-order valence-corrected chi connectivity index (χ2v) is 6.10. The first-order valence-electron chi connectivity index (χ1n) is 5.84. The van der Waals surface area contributed by atoms with Crippen molar-refractivity contribution in [3.63, 3.8) is 0 Å². The van der Waals surface area contributed by atoms with Crippen molar-refractivity contribution in [2.75, 3.05) is 0 Å². The molecule has 0 saturated heterocycles. The lowest BCUT2D eigenvalue weighted by Crippen LogP contribution is -1.95. The number of fused-ring (bicyclic) bond motifs is 1. The third kappa shape index (κ3) is 2.31. The Balaban J connectivity index is 1.76. The first kappa shape index (κ1) is 11.1. The third-order valence-corrected chi connectivity index (χ3v) is 4.49. The number of hydrogen-bond donors (Lipinski definition) is 0. The summed E-state index contributed by atoms with van der Waals surface area (Å²) < 4.78 is 0.889. The Labute approximate surface area is 111 Å². The summed E-state index contributed by atoms with van der Waals surface area (Å²) in [6.07, 6.45) is 7.77. The van der Waals surface area contributed by atoms with E-state index in [0.717, 1.165) is 23.6 Å². The van der Waals surface area contributed by atoms with Crippen molar-refractivity contribution in [3.8, 4) is 0 Å². The highest BCUT2D eigenvalue weighted by molar-refractivity contribution is 7.16. The van der Waals surface area contributed by atoms with Gasteiger partial charge in [0.2, 0.25) is 0 Å². The Hall–Kier alpha value is -1.05. The minimum atomic E-state index is 0.889. The highest BCUT2D eigenvalue weighted by atomic mass is 35.5. The Kier molecular flexibility index (Phi) is 3.04. The van der Waals surface area contributed by atoms with Crippen molar-refractivity contribution in [3.05, 3.63) is 62.3 Å². The summed E-state index contributed by atoms with van der Waals surface area (Å²) in [5, 5.41) is 0. The van der Waals surface area contributed by atoms with Crippen LogP contribution in [-0.2, 0) is 19.3 Å². The molecule has 0 aliphatic heterocycles. The number of hydrogen-bond acceptors (Lipinski definition) is 1. The van der Waals surface area contributed by atoms with Gasteiger partial charge in [0.25, 0.3) is 0 Å². The van der Waals surface area contributed by atoms with Crippen LogP contribution in [0.25, 0.3) is 6.08 Å². The molecule has 17 heavy (non-hydrogen) atoms. The Morgan fingerprint density at radius 1 is 1.12 bits per heavy atom. The monoisotopic (exact) mass is 260 g/mol. The van der Waals surface area contributed by atoms with Gasteiger partial charge in [0.1, 0.15) is 0 Å². The maximum Gasteiger partial charge on any atom is 0.0931 e. The third-order valence-electron chi connectivity index (χ3n) is 3.20. The molecule has 0 fully saturated rings. The average Bonchev–Trinajstić information content (AvgIpc) is 2.94. The van der Waals surface area contributed by atoms with Gasteiger partial charge in [0, 0.05) is 4.88 Å². The maximum atomic E-state index is 5.94. The fraction of sp³-hybridized carbons (Fsp3) is 0.200. The zero-order valence-corrected chi connectivity index (χ0v) is 11.0. The summed E-state index contributed by atoms with van der Waals surface area (Å²) >= 11 is 7.63. The molecule has 0 bridgehead atoms. The highest BCUT2D eigenvalue weighted by Gasteiger charge is 2.09. The van der Waals surface area contributed by atoms with Crippen LogP contribution in [-0.4, -0.2) is 0 Å². The summed E-state index contributed by atoms with van der Waals surface area (Å²) in [5.74, 6) is 0. The second-order valence-electron chi connectivity index (χ2n) is 4.30. The summed E-state index contributed by atoms with van der Waals surface area (Å²) in [4.78, 5) is 1.37. The molecule has 0 N–H and O–H groups in total. The molecule has 0 saturated carbocycles. The lowest BCUT2D eigenvalue weighted by Gasteiger charge is -2.07. The summed E-state index contributed by atoms with van der Waals surface area (Å²) in [7, 11) is 0. The van der Waals surface area contributed by atoms with Crippen molar-refractivity contribution < 1.29 is 0 Å². The molecule has 1 aliphatic carbocycles. The SMILES string of the molecule is Clc1ccc(CCc2cccc3c2CC=C3)s1. The van der Waals surface area contributed by atoms with Gasteiger partial charge >= 0.3 is 0 Å². The van der Waals surface area contributed by atoms with Crippen LogP contribution in [0.5, 0.6) is 0 Å². The molecule has 1 aromatic heterocycles. The molecule has 1 aliphatic rings. The van der Waals surface area contributed by atoms with Crippen LogP contribution in [0.3, 0.4) is 0 Å². The quantitative estimate of drug-likeness (QED) is 0.747. The van der Waals surface area contributed by atoms with E-state index in [-0.39, 0.29) is 0 Å².